The van der Waals surface area contributed by atoms with E-state index in [-0.39, 0.29) is 17.2 Å². The first-order valence-corrected chi connectivity index (χ1v) is 7.13. The summed E-state index contributed by atoms with van der Waals surface area (Å²) in [7, 11) is 0. The third-order valence-corrected chi connectivity index (χ3v) is 3.54. The average molecular weight is 332 g/mol. The van der Waals surface area contributed by atoms with Crippen LogP contribution in [0.15, 0.2) is 42.5 Å². The summed E-state index contributed by atoms with van der Waals surface area (Å²) in [4.78, 5) is 26.9. The molecule has 0 unspecified atom stereocenters. The third-order valence-electron chi connectivity index (χ3n) is 3.29. The molecule has 0 aliphatic carbocycles. The molecule has 0 amide bonds. The van der Waals surface area contributed by atoms with Gasteiger partial charge in [-0.15, -0.1) is 0 Å². The fourth-order valence-corrected chi connectivity index (χ4v) is 2.42. The van der Waals surface area contributed by atoms with Crippen LogP contribution in [-0.4, -0.2) is 16.7 Å². The zero-order valence-corrected chi connectivity index (χ0v) is 12.8. The number of carbonyl (C=O) groups excluding carboxylic acids is 2. The molecule has 0 aliphatic rings. The minimum atomic E-state index is -0.597. The third kappa shape index (κ3) is 2.96. The first-order chi connectivity index (χ1) is 11.0. The number of esters is 1. The second kappa shape index (κ2) is 5.85. The summed E-state index contributed by atoms with van der Waals surface area (Å²) in [5, 5.41) is 0.831. The Morgan fingerprint density at radius 1 is 1.13 bits per heavy atom. The van der Waals surface area contributed by atoms with Gasteiger partial charge in [0.15, 0.2) is 5.75 Å². The highest BCUT2D eigenvalue weighted by atomic mass is 35.5. The first-order valence-electron chi connectivity index (χ1n) is 6.75. The Morgan fingerprint density at radius 3 is 2.48 bits per heavy atom. The smallest absolute Gasteiger partial charge is 0.308 e. The maximum Gasteiger partial charge on any atom is 0.308 e. The molecule has 0 aliphatic heterocycles. The lowest BCUT2D eigenvalue weighted by Gasteiger charge is -2.04. The van der Waals surface area contributed by atoms with E-state index in [2.05, 4.69) is 4.98 Å². The molecule has 2 aromatic carbocycles. The van der Waals surface area contributed by atoms with Gasteiger partial charge in [0.1, 0.15) is 11.5 Å². The van der Waals surface area contributed by atoms with Gasteiger partial charge in [-0.05, 0) is 42.5 Å². The van der Waals surface area contributed by atoms with Crippen molar-refractivity contribution in [3.63, 3.8) is 0 Å². The van der Waals surface area contributed by atoms with Gasteiger partial charge in [-0.1, -0.05) is 11.6 Å². The van der Waals surface area contributed by atoms with Gasteiger partial charge in [-0.3, -0.25) is 9.59 Å². The number of benzene rings is 2. The first kappa shape index (κ1) is 15.2. The molecule has 23 heavy (non-hydrogen) atoms. The number of ketones is 1. The second-order valence-corrected chi connectivity index (χ2v) is 5.39. The summed E-state index contributed by atoms with van der Waals surface area (Å²) in [6.07, 6.45) is 0. The number of rotatable bonds is 3. The summed E-state index contributed by atoms with van der Waals surface area (Å²) >= 11 is 5.81. The van der Waals surface area contributed by atoms with E-state index < -0.39 is 11.8 Å². The predicted octanol–water partition coefficient (Wildman–Crippen LogP) is 4.12. The van der Waals surface area contributed by atoms with E-state index >= 15 is 0 Å². The summed E-state index contributed by atoms with van der Waals surface area (Å²) in [5.74, 6) is -1.45. The quantitative estimate of drug-likeness (QED) is 0.580. The molecule has 0 fully saturated rings. The Bertz CT molecular complexity index is 915. The van der Waals surface area contributed by atoms with Crippen molar-refractivity contribution >= 4 is 34.3 Å². The van der Waals surface area contributed by atoms with E-state index in [1.165, 1.54) is 25.1 Å². The maximum atomic E-state index is 13.5. The summed E-state index contributed by atoms with van der Waals surface area (Å²) in [5.41, 5.74) is 0.956. The van der Waals surface area contributed by atoms with E-state index in [4.69, 9.17) is 16.3 Å². The number of ether oxygens (including phenoxy) is 1. The number of H-pyrrole nitrogens is 1. The van der Waals surface area contributed by atoms with E-state index in [9.17, 15) is 14.0 Å². The van der Waals surface area contributed by atoms with Gasteiger partial charge in [0.2, 0.25) is 5.78 Å². The number of fused-ring (bicyclic) bond motifs is 1. The minimum Gasteiger partial charge on any atom is -0.424 e. The molecule has 0 saturated carbocycles. The number of carbonyl (C=O) groups is 2. The van der Waals surface area contributed by atoms with E-state index in [1.807, 2.05) is 0 Å². The molecule has 1 aromatic heterocycles. The van der Waals surface area contributed by atoms with Crippen LogP contribution in [0.2, 0.25) is 5.02 Å². The van der Waals surface area contributed by atoms with Crippen LogP contribution in [0.3, 0.4) is 0 Å². The highest BCUT2D eigenvalue weighted by molar-refractivity contribution is 6.30. The highest BCUT2D eigenvalue weighted by Gasteiger charge is 2.22. The Labute approximate surface area is 135 Å². The van der Waals surface area contributed by atoms with Crippen LogP contribution in [0.4, 0.5) is 4.39 Å². The van der Waals surface area contributed by atoms with Crippen molar-refractivity contribution in [3.8, 4) is 5.75 Å². The van der Waals surface area contributed by atoms with Crippen molar-refractivity contribution in [3.05, 3.63) is 64.6 Å². The van der Waals surface area contributed by atoms with Crippen molar-refractivity contribution in [2.75, 3.05) is 0 Å². The van der Waals surface area contributed by atoms with Crippen molar-refractivity contribution in [1.29, 1.82) is 0 Å². The molecule has 3 aromatic rings. The lowest BCUT2D eigenvalue weighted by molar-refractivity contribution is -0.131. The number of halogens is 2. The molecule has 116 valence electrons. The van der Waals surface area contributed by atoms with Gasteiger partial charge in [-0.25, -0.2) is 4.39 Å². The van der Waals surface area contributed by atoms with Gasteiger partial charge in [0, 0.05) is 22.9 Å². The van der Waals surface area contributed by atoms with Crippen LogP contribution in [0.5, 0.6) is 5.75 Å². The zero-order valence-electron chi connectivity index (χ0n) is 12.0. The Morgan fingerprint density at radius 2 is 1.83 bits per heavy atom. The van der Waals surface area contributed by atoms with Gasteiger partial charge in [-0.2, -0.15) is 0 Å². The predicted molar refractivity (Wildman–Crippen MR) is 84.5 cm³/mol. The SMILES string of the molecule is CC(=O)Oc1c(C(=O)c2ccc(Cl)cc2)[nH]c2ccc(F)cc12. The van der Waals surface area contributed by atoms with E-state index in [0.29, 0.717) is 21.5 Å². The number of hydrogen-bond donors (Lipinski definition) is 1. The van der Waals surface area contributed by atoms with Gasteiger partial charge >= 0.3 is 5.97 Å². The lowest BCUT2D eigenvalue weighted by Crippen LogP contribution is -2.08. The Kier molecular flexibility index (Phi) is 3.88. The number of hydrogen-bond acceptors (Lipinski definition) is 3. The number of nitrogens with one attached hydrogen (secondary N) is 1. The lowest BCUT2D eigenvalue weighted by atomic mass is 10.1. The molecule has 0 spiro atoms. The largest absolute Gasteiger partial charge is 0.424 e. The average Bonchev–Trinajstić information content (AvgIpc) is 2.85. The fraction of sp³-hybridized carbons (Fsp3) is 0.0588. The Hall–Kier alpha value is -2.66. The molecule has 4 nitrogen and oxygen atoms in total. The van der Waals surface area contributed by atoms with Crippen molar-refractivity contribution in [2.24, 2.45) is 0 Å². The van der Waals surface area contributed by atoms with Gasteiger partial charge in [0.25, 0.3) is 0 Å². The summed E-state index contributed by atoms with van der Waals surface area (Å²) in [6.45, 7) is 1.22. The molecule has 6 heteroatoms. The molecule has 1 N–H and O–H groups in total. The van der Waals surface area contributed by atoms with E-state index in [0.717, 1.165) is 0 Å². The highest BCUT2D eigenvalue weighted by Crippen LogP contribution is 2.32. The Balaban J connectivity index is 2.17. The van der Waals surface area contributed by atoms with Gasteiger partial charge < -0.3 is 9.72 Å². The van der Waals surface area contributed by atoms with Crippen molar-refractivity contribution in [1.82, 2.24) is 4.98 Å². The van der Waals surface area contributed by atoms with Crippen LogP contribution < -0.4 is 4.74 Å². The van der Waals surface area contributed by atoms with Crippen LogP contribution in [-0.2, 0) is 4.79 Å². The topological polar surface area (TPSA) is 59.2 Å². The molecule has 0 saturated heterocycles. The standard InChI is InChI=1S/C17H11ClFNO3/c1-9(21)23-17-13-8-12(19)6-7-14(13)20-15(17)16(22)10-2-4-11(18)5-3-10/h2-8,20H,1H3. The van der Waals surface area contributed by atoms with Crippen LogP contribution in [0.25, 0.3) is 10.9 Å². The van der Waals surface area contributed by atoms with Crippen molar-refractivity contribution < 1.29 is 18.7 Å². The number of aromatic amines is 1. The van der Waals surface area contributed by atoms with Crippen LogP contribution in [0, 0.1) is 5.82 Å². The molecule has 1 heterocycles. The molecular formula is C17H11ClFNO3. The van der Waals surface area contributed by atoms with Crippen LogP contribution in [0.1, 0.15) is 23.0 Å². The van der Waals surface area contributed by atoms with Gasteiger partial charge in [0.05, 0.1) is 5.52 Å². The fourth-order valence-electron chi connectivity index (χ4n) is 2.29. The van der Waals surface area contributed by atoms with Crippen molar-refractivity contribution in [2.45, 2.75) is 6.92 Å². The molecule has 3 rings (SSSR count). The number of aromatic nitrogens is 1. The van der Waals surface area contributed by atoms with Crippen LogP contribution >= 0.6 is 11.6 Å². The molecule has 0 radical (unpaired) electrons. The zero-order chi connectivity index (χ0) is 16.6. The maximum absolute atomic E-state index is 13.5. The monoisotopic (exact) mass is 331 g/mol. The molecular weight excluding hydrogens is 321 g/mol. The minimum absolute atomic E-state index is 0.0203. The molecule has 0 atom stereocenters. The summed E-state index contributed by atoms with van der Waals surface area (Å²) < 4.78 is 18.6. The second-order valence-electron chi connectivity index (χ2n) is 4.95. The normalized spacial score (nSPS) is 10.7. The molecule has 0 bridgehead atoms. The van der Waals surface area contributed by atoms with E-state index in [1.54, 1.807) is 24.3 Å². The summed E-state index contributed by atoms with van der Waals surface area (Å²) in [6, 6.07) is 10.2.